The molecule has 0 bridgehead atoms. The Labute approximate surface area is 116 Å². The molecule has 0 fully saturated rings. The van der Waals surface area contributed by atoms with Crippen molar-refractivity contribution < 1.29 is 4.74 Å². The Bertz CT molecular complexity index is 513. The van der Waals surface area contributed by atoms with Crippen LogP contribution in [0, 0.1) is 0 Å². The van der Waals surface area contributed by atoms with Crippen molar-refractivity contribution in [2.45, 2.75) is 19.6 Å². The molecule has 1 atom stereocenters. The van der Waals surface area contributed by atoms with E-state index < -0.39 is 0 Å². The van der Waals surface area contributed by atoms with E-state index in [2.05, 4.69) is 35.0 Å². The lowest BCUT2D eigenvalue weighted by Gasteiger charge is -2.14. The molecule has 2 nitrogen and oxygen atoms in total. The van der Waals surface area contributed by atoms with Crippen LogP contribution >= 0.6 is 15.9 Å². The highest BCUT2D eigenvalue weighted by Crippen LogP contribution is 2.23. The average molecular weight is 306 g/mol. The molecular formula is C15H16BrNO. The minimum atomic E-state index is 0.0793. The summed E-state index contributed by atoms with van der Waals surface area (Å²) < 4.78 is 6.85. The maximum absolute atomic E-state index is 5.86. The lowest BCUT2D eigenvalue weighted by Crippen LogP contribution is -2.01. The molecule has 2 aromatic rings. The van der Waals surface area contributed by atoms with Crippen molar-refractivity contribution in [1.29, 1.82) is 0 Å². The van der Waals surface area contributed by atoms with E-state index in [1.807, 2.05) is 36.4 Å². The van der Waals surface area contributed by atoms with Crippen LogP contribution in [-0.4, -0.2) is 0 Å². The van der Waals surface area contributed by atoms with Crippen molar-refractivity contribution >= 4 is 21.6 Å². The topological polar surface area (TPSA) is 35.2 Å². The lowest BCUT2D eigenvalue weighted by molar-refractivity contribution is 0.0522. The van der Waals surface area contributed by atoms with Crippen molar-refractivity contribution in [2.24, 2.45) is 0 Å². The van der Waals surface area contributed by atoms with Gasteiger partial charge in [-0.15, -0.1) is 0 Å². The third-order valence-corrected chi connectivity index (χ3v) is 3.57. The first kappa shape index (κ1) is 13.1. The predicted octanol–water partition coefficient (Wildman–Crippen LogP) is 4.31. The van der Waals surface area contributed by atoms with E-state index in [-0.39, 0.29) is 6.10 Å². The number of halogens is 1. The molecule has 2 rings (SSSR count). The molecule has 2 aromatic carbocycles. The second-order valence-corrected chi connectivity index (χ2v) is 5.07. The maximum Gasteiger partial charge on any atom is 0.0801 e. The lowest BCUT2D eigenvalue weighted by atomic mass is 10.1. The fourth-order valence-electron chi connectivity index (χ4n) is 1.72. The molecule has 2 N–H and O–H groups in total. The van der Waals surface area contributed by atoms with Crippen LogP contribution in [0.3, 0.4) is 0 Å². The van der Waals surface area contributed by atoms with Gasteiger partial charge in [0.2, 0.25) is 0 Å². The van der Waals surface area contributed by atoms with Crippen LogP contribution in [0.5, 0.6) is 0 Å². The van der Waals surface area contributed by atoms with Crippen molar-refractivity contribution in [3.63, 3.8) is 0 Å². The van der Waals surface area contributed by atoms with Gasteiger partial charge in [0.25, 0.3) is 0 Å². The van der Waals surface area contributed by atoms with Gasteiger partial charge in [-0.05, 0) is 30.2 Å². The predicted molar refractivity (Wildman–Crippen MR) is 78.2 cm³/mol. The van der Waals surface area contributed by atoms with Crippen molar-refractivity contribution in [2.75, 3.05) is 5.73 Å². The van der Waals surface area contributed by atoms with E-state index >= 15 is 0 Å². The van der Waals surface area contributed by atoms with Gasteiger partial charge in [0.15, 0.2) is 0 Å². The van der Waals surface area contributed by atoms with Gasteiger partial charge in [-0.25, -0.2) is 0 Å². The number of anilines is 1. The largest absolute Gasteiger partial charge is 0.399 e. The van der Waals surface area contributed by atoms with Crippen molar-refractivity contribution in [3.05, 3.63) is 64.1 Å². The van der Waals surface area contributed by atoms with Crippen LogP contribution in [0.1, 0.15) is 24.2 Å². The molecule has 0 amide bonds. The molecule has 0 aliphatic rings. The SMILES string of the molecule is CC(OCc1ccc(N)cc1Br)c1ccccc1. The quantitative estimate of drug-likeness (QED) is 0.854. The standard InChI is InChI=1S/C15H16BrNO/c1-11(12-5-3-2-4-6-12)18-10-13-7-8-14(17)9-15(13)16/h2-9,11H,10,17H2,1H3. The molecule has 0 saturated heterocycles. The molecular weight excluding hydrogens is 290 g/mol. The number of ether oxygens (including phenoxy) is 1. The van der Waals surface area contributed by atoms with E-state index in [0.29, 0.717) is 6.61 Å². The number of nitrogens with two attached hydrogens (primary N) is 1. The molecule has 94 valence electrons. The highest BCUT2D eigenvalue weighted by molar-refractivity contribution is 9.10. The molecule has 0 spiro atoms. The zero-order chi connectivity index (χ0) is 13.0. The zero-order valence-electron chi connectivity index (χ0n) is 10.3. The first-order chi connectivity index (χ1) is 8.66. The Balaban J connectivity index is 1.99. The van der Waals surface area contributed by atoms with E-state index in [0.717, 1.165) is 15.7 Å². The third kappa shape index (κ3) is 3.34. The third-order valence-electron chi connectivity index (χ3n) is 2.83. The van der Waals surface area contributed by atoms with Gasteiger partial charge in [0.1, 0.15) is 0 Å². The fraction of sp³-hybridized carbons (Fsp3) is 0.200. The molecule has 0 saturated carbocycles. The van der Waals surface area contributed by atoms with Gasteiger partial charge in [-0.1, -0.05) is 52.3 Å². The van der Waals surface area contributed by atoms with Crippen molar-refractivity contribution in [3.8, 4) is 0 Å². The summed E-state index contributed by atoms with van der Waals surface area (Å²) in [6, 6.07) is 16.0. The van der Waals surface area contributed by atoms with Gasteiger partial charge in [0.05, 0.1) is 12.7 Å². The van der Waals surface area contributed by atoms with Crippen LogP contribution in [0.2, 0.25) is 0 Å². The Hall–Kier alpha value is -1.32. The van der Waals surface area contributed by atoms with E-state index in [1.54, 1.807) is 0 Å². The summed E-state index contributed by atoms with van der Waals surface area (Å²) in [5, 5.41) is 0. The molecule has 0 radical (unpaired) electrons. The van der Waals surface area contributed by atoms with Gasteiger partial charge < -0.3 is 10.5 Å². The summed E-state index contributed by atoms with van der Waals surface area (Å²) in [4.78, 5) is 0. The molecule has 0 aliphatic heterocycles. The molecule has 0 aromatic heterocycles. The van der Waals surface area contributed by atoms with Gasteiger partial charge in [-0.2, -0.15) is 0 Å². The van der Waals surface area contributed by atoms with E-state index in [9.17, 15) is 0 Å². The molecule has 3 heteroatoms. The maximum atomic E-state index is 5.86. The summed E-state index contributed by atoms with van der Waals surface area (Å²) in [6.45, 7) is 2.62. The smallest absolute Gasteiger partial charge is 0.0801 e. The fourth-order valence-corrected chi connectivity index (χ4v) is 2.23. The summed E-state index contributed by atoms with van der Waals surface area (Å²) in [5.41, 5.74) is 8.74. The Kier molecular flexibility index (Phi) is 4.39. The highest BCUT2D eigenvalue weighted by Gasteiger charge is 2.07. The summed E-state index contributed by atoms with van der Waals surface area (Å²) in [5.74, 6) is 0. The van der Waals surface area contributed by atoms with Crippen LogP contribution in [-0.2, 0) is 11.3 Å². The molecule has 0 aliphatic carbocycles. The number of hydrogen-bond donors (Lipinski definition) is 1. The summed E-state index contributed by atoms with van der Waals surface area (Å²) in [7, 11) is 0. The van der Waals surface area contributed by atoms with Gasteiger partial charge in [-0.3, -0.25) is 0 Å². The van der Waals surface area contributed by atoms with Crippen LogP contribution in [0.25, 0.3) is 0 Å². The molecule has 1 unspecified atom stereocenters. The molecule has 0 heterocycles. The van der Waals surface area contributed by atoms with Gasteiger partial charge in [0, 0.05) is 10.2 Å². The number of rotatable bonds is 4. The average Bonchev–Trinajstić information content (AvgIpc) is 2.38. The first-order valence-electron chi connectivity index (χ1n) is 5.87. The Morgan fingerprint density at radius 3 is 2.56 bits per heavy atom. The molecule has 18 heavy (non-hydrogen) atoms. The van der Waals surface area contributed by atoms with Crippen LogP contribution < -0.4 is 5.73 Å². The number of nitrogen functional groups attached to an aromatic ring is 1. The second-order valence-electron chi connectivity index (χ2n) is 4.21. The van der Waals surface area contributed by atoms with E-state index in [1.165, 1.54) is 5.56 Å². The van der Waals surface area contributed by atoms with Gasteiger partial charge >= 0.3 is 0 Å². The van der Waals surface area contributed by atoms with Crippen molar-refractivity contribution in [1.82, 2.24) is 0 Å². The minimum absolute atomic E-state index is 0.0793. The van der Waals surface area contributed by atoms with Crippen LogP contribution in [0.4, 0.5) is 5.69 Å². The zero-order valence-corrected chi connectivity index (χ0v) is 11.9. The Morgan fingerprint density at radius 1 is 1.17 bits per heavy atom. The second kappa shape index (κ2) is 6.03. The minimum Gasteiger partial charge on any atom is -0.399 e. The Morgan fingerprint density at radius 2 is 1.89 bits per heavy atom. The van der Waals surface area contributed by atoms with E-state index in [4.69, 9.17) is 10.5 Å². The monoisotopic (exact) mass is 305 g/mol. The van der Waals surface area contributed by atoms with Crippen LogP contribution in [0.15, 0.2) is 53.0 Å². The highest BCUT2D eigenvalue weighted by atomic mass is 79.9. The first-order valence-corrected chi connectivity index (χ1v) is 6.66. The number of benzene rings is 2. The normalized spacial score (nSPS) is 12.3. The summed E-state index contributed by atoms with van der Waals surface area (Å²) >= 11 is 3.49. The summed E-state index contributed by atoms with van der Waals surface area (Å²) in [6.07, 6.45) is 0.0793. The number of hydrogen-bond acceptors (Lipinski definition) is 2.